The molecule has 0 saturated heterocycles. The Balaban J connectivity index is 2.43. The van der Waals surface area contributed by atoms with Crippen LogP contribution in [0.2, 0.25) is 0 Å². The van der Waals surface area contributed by atoms with Gasteiger partial charge in [-0.1, -0.05) is 41.1 Å². The Morgan fingerprint density at radius 2 is 2.05 bits per heavy atom. The van der Waals surface area contributed by atoms with E-state index in [1.165, 1.54) is 24.9 Å². The molecule has 0 fully saturated rings. The molecule has 0 amide bonds. The molecule has 4 heteroatoms. The van der Waals surface area contributed by atoms with E-state index in [1.54, 1.807) is 11.3 Å². The van der Waals surface area contributed by atoms with Crippen molar-refractivity contribution < 1.29 is 0 Å². The quantitative estimate of drug-likeness (QED) is 0.679. The maximum Gasteiger partial charge on any atom is 0.0693 e. The number of hydrogen-bond acceptors (Lipinski definition) is 2. The second-order valence-electron chi connectivity index (χ2n) is 4.50. The molecule has 0 bridgehead atoms. The van der Waals surface area contributed by atoms with Crippen LogP contribution in [-0.4, -0.2) is 6.54 Å². The molecule has 1 aromatic carbocycles. The van der Waals surface area contributed by atoms with Crippen LogP contribution in [0.5, 0.6) is 0 Å². The molecule has 0 aliphatic rings. The first-order valence-corrected chi connectivity index (χ1v) is 8.83. The second kappa shape index (κ2) is 7.02. The summed E-state index contributed by atoms with van der Waals surface area (Å²) in [5.74, 6) is 0. The number of aryl methyl sites for hydroxylation is 1. The fourth-order valence-corrected chi connectivity index (χ4v) is 4.22. The third-order valence-corrected chi connectivity index (χ3v) is 6.06. The van der Waals surface area contributed by atoms with Gasteiger partial charge in [0.25, 0.3) is 0 Å². The third kappa shape index (κ3) is 3.48. The molecule has 1 heterocycles. The van der Waals surface area contributed by atoms with E-state index in [2.05, 4.69) is 80.7 Å². The highest BCUT2D eigenvalue weighted by molar-refractivity contribution is 9.11. The van der Waals surface area contributed by atoms with E-state index in [4.69, 9.17) is 0 Å². The maximum absolute atomic E-state index is 3.73. The highest BCUT2D eigenvalue weighted by Crippen LogP contribution is 2.37. The highest BCUT2D eigenvalue weighted by atomic mass is 79.9. The van der Waals surface area contributed by atoms with Crippen molar-refractivity contribution in [1.29, 1.82) is 0 Å². The van der Waals surface area contributed by atoms with E-state index in [1.807, 2.05) is 0 Å². The minimum Gasteiger partial charge on any atom is -0.306 e. The zero-order chi connectivity index (χ0) is 13.8. The number of rotatable bonds is 5. The molecule has 2 rings (SSSR count). The van der Waals surface area contributed by atoms with Crippen LogP contribution in [-0.2, 0) is 0 Å². The Labute approximate surface area is 135 Å². The lowest BCUT2D eigenvalue weighted by Gasteiger charge is -2.20. The van der Waals surface area contributed by atoms with Gasteiger partial charge in [0.15, 0.2) is 0 Å². The lowest BCUT2D eigenvalue weighted by molar-refractivity contribution is 0.602. The fraction of sp³-hybridized carbons (Fsp3) is 0.333. The van der Waals surface area contributed by atoms with Gasteiger partial charge in [-0.2, -0.15) is 0 Å². The average Bonchev–Trinajstić information content (AvgIpc) is 2.81. The van der Waals surface area contributed by atoms with Crippen molar-refractivity contribution in [2.45, 2.75) is 26.3 Å². The maximum atomic E-state index is 3.73. The average molecular weight is 403 g/mol. The summed E-state index contributed by atoms with van der Waals surface area (Å²) in [7, 11) is 0. The molecule has 0 aliphatic heterocycles. The molecule has 1 atom stereocenters. The van der Waals surface area contributed by atoms with E-state index < -0.39 is 0 Å². The zero-order valence-electron chi connectivity index (χ0n) is 11.0. The number of nitrogens with one attached hydrogen (secondary N) is 1. The van der Waals surface area contributed by atoms with Crippen LogP contribution in [0, 0.1) is 6.92 Å². The van der Waals surface area contributed by atoms with Crippen molar-refractivity contribution in [2.24, 2.45) is 0 Å². The monoisotopic (exact) mass is 401 g/mol. The predicted molar refractivity (Wildman–Crippen MR) is 91.0 cm³/mol. The van der Waals surface area contributed by atoms with Gasteiger partial charge in [0, 0.05) is 13.8 Å². The van der Waals surface area contributed by atoms with Crippen LogP contribution in [0.1, 0.15) is 35.4 Å². The topological polar surface area (TPSA) is 12.0 Å². The van der Waals surface area contributed by atoms with Gasteiger partial charge in [-0.3, -0.25) is 0 Å². The summed E-state index contributed by atoms with van der Waals surface area (Å²) >= 11 is 9.17. The second-order valence-corrected chi connectivity index (χ2v) is 7.09. The first kappa shape index (κ1) is 15.2. The summed E-state index contributed by atoms with van der Waals surface area (Å²) < 4.78 is 2.38. The minimum absolute atomic E-state index is 0.239. The normalized spacial score (nSPS) is 12.6. The van der Waals surface area contributed by atoms with Gasteiger partial charge in [-0.25, -0.2) is 0 Å². The molecule has 1 unspecified atom stereocenters. The summed E-state index contributed by atoms with van der Waals surface area (Å²) in [5, 5.41) is 5.78. The van der Waals surface area contributed by atoms with Crippen LogP contribution in [0.4, 0.5) is 0 Å². The number of thiophene rings is 1. The first-order chi connectivity index (χ1) is 9.15. The first-order valence-electron chi connectivity index (χ1n) is 6.36. The van der Waals surface area contributed by atoms with E-state index in [0.29, 0.717) is 0 Å². The summed E-state index contributed by atoms with van der Waals surface area (Å²) in [5.41, 5.74) is 2.57. The molecule has 0 aliphatic carbocycles. The molecule has 0 radical (unpaired) electrons. The Kier molecular flexibility index (Phi) is 5.63. The van der Waals surface area contributed by atoms with Crippen molar-refractivity contribution in [2.75, 3.05) is 6.54 Å². The van der Waals surface area contributed by atoms with E-state index in [-0.39, 0.29) is 6.04 Å². The van der Waals surface area contributed by atoms with E-state index in [0.717, 1.165) is 13.0 Å². The van der Waals surface area contributed by atoms with Crippen LogP contribution < -0.4 is 5.32 Å². The molecular formula is C15H17Br2NS. The van der Waals surface area contributed by atoms with Gasteiger partial charge in [0.05, 0.1) is 6.04 Å². The largest absolute Gasteiger partial charge is 0.306 e. The summed E-state index contributed by atoms with van der Waals surface area (Å²) in [6.07, 6.45) is 1.13. The number of halogens is 2. The van der Waals surface area contributed by atoms with Crippen molar-refractivity contribution in [3.63, 3.8) is 0 Å². The van der Waals surface area contributed by atoms with Gasteiger partial charge in [-0.15, -0.1) is 11.3 Å². The van der Waals surface area contributed by atoms with Gasteiger partial charge < -0.3 is 5.32 Å². The number of benzene rings is 1. The van der Waals surface area contributed by atoms with Crippen molar-refractivity contribution >= 4 is 43.2 Å². The Hall–Kier alpha value is -0.160. The van der Waals surface area contributed by atoms with E-state index in [9.17, 15) is 0 Å². The van der Waals surface area contributed by atoms with Crippen LogP contribution in [0.15, 0.2) is 38.6 Å². The van der Waals surface area contributed by atoms with E-state index >= 15 is 0 Å². The summed E-state index contributed by atoms with van der Waals surface area (Å²) in [6, 6.07) is 8.80. The van der Waals surface area contributed by atoms with Gasteiger partial charge in [-0.05, 0) is 58.4 Å². The van der Waals surface area contributed by atoms with Gasteiger partial charge in [0.1, 0.15) is 0 Å². The molecule has 1 aromatic heterocycles. The standard InChI is InChI=1S/C15H17Br2NS/c1-3-8-18-14(15-12(16)7-9-19-15)11-6-4-5-10(2)13(11)17/h4-7,9,14,18H,3,8H2,1-2H3. The molecule has 2 aromatic rings. The predicted octanol–water partition coefficient (Wildman–Crippen LogP) is 5.67. The minimum atomic E-state index is 0.239. The Bertz CT molecular complexity index is 551. The van der Waals surface area contributed by atoms with Crippen LogP contribution in [0.25, 0.3) is 0 Å². The lowest BCUT2D eigenvalue weighted by Crippen LogP contribution is -2.23. The zero-order valence-corrected chi connectivity index (χ0v) is 15.0. The highest BCUT2D eigenvalue weighted by Gasteiger charge is 2.20. The van der Waals surface area contributed by atoms with Crippen molar-refractivity contribution in [3.05, 3.63) is 54.6 Å². The van der Waals surface area contributed by atoms with Crippen molar-refractivity contribution in [1.82, 2.24) is 5.32 Å². The number of hydrogen-bond donors (Lipinski definition) is 1. The summed E-state index contributed by atoms with van der Waals surface area (Å²) in [6.45, 7) is 5.34. The third-order valence-electron chi connectivity index (χ3n) is 3.04. The van der Waals surface area contributed by atoms with Crippen LogP contribution >= 0.6 is 43.2 Å². The SMILES string of the molecule is CCCNC(c1cccc(C)c1Br)c1sccc1Br. The molecule has 1 N–H and O–H groups in total. The fourth-order valence-electron chi connectivity index (χ4n) is 2.04. The summed E-state index contributed by atoms with van der Waals surface area (Å²) in [4.78, 5) is 1.33. The van der Waals surface area contributed by atoms with Gasteiger partial charge >= 0.3 is 0 Å². The Morgan fingerprint density at radius 1 is 1.26 bits per heavy atom. The molecule has 0 spiro atoms. The van der Waals surface area contributed by atoms with Crippen molar-refractivity contribution in [3.8, 4) is 0 Å². The molecule has 1 nitrogen and oxygen atoms in total. The molecular weight excluding hydrogens is 386 g/mol. The molecule has 102 valence electrons. The Morgan fingerprint density at radius 3 is 2.68 bits per heavy atom. The van der Waals surface area contributed by atoms with Crippen LogP contribution in [0.3, 0.4) is 0 Å². The smallest absolute Gasteiger partial charge is 0.0693 e. The van der Waals surface area contributed by atoms with Gasteiger partial charge in [0.2, 0.25) is 0 Å². The molecule has 0 saturated carbocycles. The lowest BCUT2D eigenvalue weighted by atomic mass is 10.0. The molecule has 19 heavy (non-hydrogen) atoms.